The number of amides is 1. The molecule has 2 aromatic carbocycles. The Morgan fingerprint density at radius 3 is 2.43 bits per heavy atom. The van der Waals surface area contributed by atoms with E-state index in [2.05, 4.69) is 11.4 Å². The van der Waals surface area contributed by atoms with Gasteiger partial charge in [0, 0.05) is 12.2 Å². The van der Waals surface area contributed by atoms with Crippen LogP contribution >= 0.6 is 0 Å². The number of nitrogens with one attached hydrogen (secondary N) is 1. The third-order valence-electron chi connectivity index (χ3n) is 4.38. The van der Waals surface area contributed by atoms with Crippen LogP contribution in [0.5, 0.6) is 5.75 Å². The second kappa shape index (κ2) is 9.18. The van der Waals surface area contributed by atoms with E-state index in [1.54, 1.807) is 13.0 Å². The molecule has 0 aliphatic heterocycles. The molecule has 0 aliphatic carbocycles. The maximum Gasteiger partial charge on any atom is 0.241 e. The van der Waals surface area contributed by atoms with Crippen molar-refractivity contribution in [3.63, 3.8) is 0 Å². The summed E-state index contributed by atoms with van der Waals surface area (Å²) < 4.78 is 28.7. The van der Waals surface area contributed by atoms with Gasteiger partial charge >= 0.3 is 0 Å². The Bertz CT molecular complexity index is 924. The van der Waals surface area contributed by atoms with Crippen molar-refractivity contribution in [2.45, 2.75) is 31.7 Å². The average molecular weight is 406 g/mol. The molecule has 0 saturated carbocycles. The number of nitrogens with two attached hydrogens (primary N) is 1. The second-order valence-corrected chi connectivity index (χ2v) is 8.45. The van der Waals surface area contributed by atoms with Gasteiger partial charge in [-0.05, 0) is 69.3 Å². The van der Waals surface area contributed by atoms with E-state index < -0.39 is 16.1 Å². The number of hydrogen-bond acceptors (Lipinski definition) is 5. The number of anilines is 1. The number of ether oxygens (including phenoxy) is 1. The summed E-state index contributed by atoms with van der Waals surface area (Å²) in [5.74, 6) is 0.559. The first kappa shape index (κ1) is 21.9. The maximum absolute atomic E-state index is 12.5. The summed E-state index contributed by atoms with van der Waals surface area (Å²) in [4.78, 5) is 14.3. The molecule has 0 fully saturated rings. The summed E-state index contributed by atoms with van der Waals surface area (Å²) in [6.07, 6.45) is 0. The Morgan fingerprint density at radius 2 is 1.82 bits per heavy atom. The van der Waals surface area contributed by atoms with Gasteiger partial charge in [-0.1, -0.05) is 12.1 Å². The van der Waals surface area contributed by atoms with Crippen molar-refractivity contribution < 1.29 is 17.9 Å². The number of aryl methyl sites for hydroxylation is 2. The topological polar surface area (TPSA) is 102 Å². The van der Waals surface area contributed by atoms with Crippen LogP contribution < -0.4 is 15.2 Å². The van der Waals surface area contributed by atoms with Crippen LogP contribution in [0.1, 0.15) is 18.1 Å². The maximum atomic E-state index is 12.5. The molecule has 0 aromatic heterocycles. The van der Waals surface area contributed by atoms with Gasteiger partial charge in [0.1, 0.15) is 12.4 Å². The summed E-state index contributed by atoms with van der Waals surface area (Å²) in [6, 6.07) is 11.5. The van der Waals surface area contributed by atoms with Crippen molar-refractivity contribution in [2.24, 2.45) is 5.14 Å². The van der Waals surface area contributed by atoms with E-state index in [-0.39, 0.29) is 10.8 Å². The van der Waals surface area contributed by atoms with Gasteiger partial charge in [-0.15, -0.1) is 0 Å². The van der Waals surface area contributed by atoms with Crippen molar-refractivity contribution in [1.82, 2.24) is 4.90 Å². The molecule has 1 amide bonds. The number of hydrogen-bond donors (Lipinski definition) is 2. The summed E-state index contributed by atoms with van der Waals surface area (Å²) in [7, 11) is -1.99. The average Bonchev–Trinajstić information content (AvgIpc) is 2.59. The monoisotopic (exact) mass is 405 g/mol. The van der Waals surface area contributed by atoms with Gasteiger partial charge in [-0.25, -0.2) is 13.6 Å². The second-order valence-electron chi connectivity index (χ2n) is 6.89. The van der Waals surface area contributed by atoms with Gasteiger partial charge in [0.2, 0.25) is 15.9 Å². The lowest BCUT2D eigenvalue weighted by atomic mass is 10.1. The molecule has 28 heavy (non-hydrogen) atoms. The first-order chi connectivity index (χ1) is 13.1. The van der Waals surface area contributed by atoms with E-state index in [9.17, 15) is 13.2 Å². The highest BCUT2D eigenvalue weighted by atomic mass is 32.2. The fraction of sp³-hybridized carbons (Fsp3) is 0.350. The summed E-state index contributed by atoms with van der Waals surface area (Å²) in [5, 5.41) is 7.84. The van der Waals surface area contributed by atoms with Crippen molar-refractivity contribution in [3.05, 3.63) is 53.6 Å². The Labute approximate surface area is 166 Å². The molecule has 0 saturated heterocycles. The zero-order chi connectivity index (χ0) is 20.9. The van der Waals surface area contributed by atoms with Gasteiger partial charge < -0.3 is 10.1 Å². The highest BCUT2D eigenvalue weighted by Gasteiger charge is 2.19. The lowest BCUT2D eigenvalue weighted by Gasteiger charge is -2.24. The van der Waals surface area contributed by atoms with Crippen LogP contribution in [0.3, 0.4) is 0 Å². The third kappa shape index (κ3) is 6.33. The predicted molar refractivity (Wildman–Crippen MR) is 110 cm³/mol. The Morgan fingerprint density at radius 1 is 1.18 bits per heavy atom. The standard InChI is InChI=1S/C20H27N3O4S/c1-14-10-15(2)12-18(11-14)27-9-8-23(4)16(3)20(24)22-17-6-5-7-19(13-17)28(21,25)26/h5-7,10-13,16H,8-9H2,1-4H3,(H,22,24)(H2,21,25,26)/t16-/m1/s1. The summed E-state index contributed by atoms with van der Waals surface area (Å²) in [5.41, 5.74) is 2.65. The highest BCUT2D eigenvalue weighted by molar-refractivity contribution is 7.89. The first-order valence-corrected chi connectivity index (χ1v) is 10.5. The van der Waals surface area contributed by atoms with Gasteiger partial charge in [-0.3, -0.25) is 9.69 Å². The van der Waals surface area contributed by atoms with Crippen molar-refractivity contribution in [2.75, 3.05) is 25.5 Å². The van der Waals surface area contributed by atoms with Crippen LogP contribution in [0.4, 0.5) is 5.69 Å². The molecule has 3 N–H and O–H groups in total. The number of primary sulfonamides is 1. The molecule has 0 heterocycles. The minimum absolute atomic E-state index is 0.0480. The van der Waals surface area contributed by atoms with E-state index in [0.29, 0.717) is 18.8 Å². The molecule has 0 radical (unpaired) electrons. The van der Waals surface area contributed by atoms with Gasteiger partial charge in [0.25, 0.3) is 0 Å². The molecule has 2 aromatic rings. The minimum Gasteiger partial charge on any atom is -0.492 e. The molecule has 152 valence electrons. The van der Waals surface area contributed by atoms with Gasteiger partial charge in [0.15, 0.2) is 0 Å². The zero-order valence-electron chi connectivity index (χ0n) is 16.6. The fourth-order valence-corrected chi connectivity index (χ4v) is 3.27. The molecule has 2 rings (SSSR count). The number of carbonyl (C=O) groups is 1. The molecule has 0 aliphatic rings. The van der Waals surface area contributed by atoms with Crippen LogP contribution in [-0.2, 0) is 14.8 Å². The smallest absolute Gasteiger partial charge is 0.241 e. The molecule has 0 spiro atoms. The van der Waals surface area contributed by atoms with Gasteiger partial charge in [0.05, 0.1) is 10.9 Å². The number of benzene rings is 2. The third-order valence-corrected chi connectivity index (χ3v) is 5.29. The Hall–Kier alpha value is -2.42. The molecular weight excluding hydrogens is 378 g/mol. The quantitative estimate of drug-likeness (QED) is 0.702. The lowest BCUT2D eigenvalue weighted by molar-refractivity contribution is -0.120. The van der Waals surface area contributed by atoms with Crippen molar-refractivity contribution in [1.29, 1.82) is 0 Å². The fourth-order valence-electron chi connectivity index (χ4n) is 2.72. The molecular formula is C20H27N3O4S. The SMILES string of the molecule is Cc1cc(C)cc(OCCN(C)[C@H](C)C(=O)Nc2cccc(S(N)(=O)=O)c2)c1. The molecule has 8 heteroatoms. The highest BCUT2D eigenvalue weighted by Crippen LogP contribution is 2.17. The number of carbonyl (C=O) groups excluding carboxylic acids is 1. The van der Waals surface area contributed by atoms with Crippen LogP contribution in [-0.4, -0.2) is 45.5 Å². The molecule has 0 unspecified atom stereocenters. The Balaban J connectivity index is 1.90. The minimum atomic E-state index is -3.82. The van der Waals surface area contributed by atoms with Gasteiger partial charge in [-0.2, -0.15) is 0 Å². The number of nitrogens with zero attached hydrogens (tertiary/aromatic N) is 1. The number of rotatable bonds is 8. The van der Waals surface area contributed by atoms with Crippen LogP contribution in [0.15, 0.2) is 47.4 Å². The normalized spacial score (nSPS) is 12.6. The zero-order valence-corrected chi connectivity index (χ0v) is 17.4. The van der Waals surface area contributed by atoms with E-state index in [0.717, 1.165) is 16.9 Å². The van der Waals surface area contributed by atoms with Crippen molar-refractivity contribution in [3.8, 4) is 5.75 Å². The Kier molecular flexibility index (Phi) is 7.17. The predicted octanol–water partition coefficient (Wildman–Crippen LogP) is 2.29. The number of sulfonamides is 1. The van der Waals surface area contributed by atoms with Crippen LogP contribution in [0.2, 0.25) is 0 Å². The van der Waals surface area contributed by atoms with Crippen LogP contribution in [0, 0.1) is 13.8 Å². The number of likely N-dealkylation sites (N-methyl/N-ethyl adjacent to an activating group) is 1. The van der Waals surface area contributed by atoms with E-state index in [1.807, 2.05) is 37.9 Å². The van der Waals surface area contributed by atoms with E-state index >= 15 is 0 Å². The molecule has 0 bridgehead atoms. The van der Waals surface area contributed by atoms with E-state index in [1.165, 1.54) is 18.2 Å². The summed E-state index contributed by atoms with van der Waals surface area (Å²) in [6.45, 7) is 6.80. The molecule has 1 atom stereocenters. The lowest BCUT2D eigenvalue weighted by Crippen LogP contribution is -2.41. The summed E-state index contributed by atoms with van der Waals surface area (Å²) >= 11 is 0. The van der Waals surface area contributed by atoms with Crippen LogP contribution in [0.25, 0.3) is 0 Å². The first-order valence-electron chi connectivity index (χ1n) is 8.91. The van der Waals surface area contributed by atoms with E-state index in [4.69, 9.17) is 9.88 Å². The van der Waals surface area contributed by atoms with Crippen molar-refractivity contribution >= 4 is 21.6 Å². The largest absolute Gasteiger partial charge is 0.492 e. The molecule has 7 nitrogen and oxygen atoms in total.